The second-order valence-electron chi connectivity index (χ2n) is 5.85. The smallest absolute Gasteiger partial charge is 0.226 e. The first-order valence-corrected chi connectivity index (χ1v) is 7.89. The van der Waals surface area contributed by atoms with E-state index in [-0.39, 0.29) is 11.9 Å². The molecule has 22 heavy (non-hydrogen) atoms. The molecule has 0 radical (unpaired) electrons. The van der Waals surface area contributed by atoms with E-state index < -0.39 is 0 Å². The summed E-state index contributed by atoms with van der Waals surface area (Å²) in [6.07, 6.45) is 1.27. The van der Waals surface area contributed by atoms with E-state index in [2.05, 4.69) is 13.0 Å². The van der Waals surface area contributed by atoms with Crippen molar-refractivity contribution in [3.63, 3.8) is 0 Å². The Bertz CT molecular complexity index is 636. The zero-order valence-corrected chi connectivity index (χ0v) is 14.1. The number of rotatable bonds is 5. The van der Waals surface area contributed by atoms with E-state index in [1.165, 1.54) is 11.1 Å². The van der Waals surface area contributed by atoms with Crippen LogP contribution in [0.2, 0.25) is 5.02 Å². The Morgan fingerprint density at radius 1 is 1.14 bits per heavy atom. The molecular weight excluding hydrogens is 294 g/mol. The van der Waals surface area contributed by atoms with Gasteiger partial charge in [0.15, 0.2) is 0 Å². The van der Waals surface area contributed by atoms with Crippen molar-refractivity contribution in [1.29, 1.82) is 0 Å². The molecule has 0 aromatic heterocycles. The van der Waals surface area contributed by atoms with Crippen LogP contribution in [0.1, 0.15) is 23.6 Å². The normalized spacial score (nSPS) is 12.0. The third-order valence-corrected chi connectivity index (χ3v) is 4.19. The number of hydrogen-bond acceptors (Lipinski definition) is 1. The highest BCUT2D eigenvalue weighted by atomic mass is 35.5. The van der Waals surface area contributed by atoms with Crippen LogP contribution in [0, 0.1) is 6.92 Å². The van der Waals surface area contributed by atoms with Gasteiger partial charge in [-0.15, -0.1) is 0 Å². The monoisotopic (exact) mass is 315 g/mol. The van der Waals surface area contributed by atoms with E-state index in [4.69, 9.17) is 11.6 Å². The predicted molar refractivity (Wildman–Crippen MR) is 92.3 cm³/mol. The highest BCUT2D eigenvalue weighted by molar-refractivity contribution is 6.30. The average molecular weight is 316 g/mol. The molecule has 2 nitrogen and oxygen atoms in total. The van der Waals surface area contributed by atoms with Gasteiger partial charge in [0.25, 0.3) is 0 Å². The summed E-state index contributed by atoms with van der Waals surface area (Å²) in [6, 6.07) is 16.1. The zero-order chi connectivity index (χ0) is 16.1. The second kappa shape index (κ2) is 7.46. The standard InChI is InChI=1S/C19H22ClNO/c1-14-5-4-6-17(11-14)13-19(22)21(3)15(2)12-16-7-9-18(20)10-8-16/h4-11,15H,12-13H2,1-3H3. The van der Waals surface area contributed by atoms with Crippen LogP contribution < -0.4 is 0 Å². The summed E-state index contributed by atoms with van der Waals surface area (Å²) in [5.74, 6) is 0.145. The van der Waals surface area contributed by atoms with Gasteiger partial charge in [0.05, 0.1) is 6.42 Å². The molecule has 0 N–H and O–H groups in total. The van der Waals surface area contributed by atoms with E-state index in [0.717, 1.165) is 17.0 Å². The first-order chi connectivity index (χ1) is 10.5. The molecule has 2 aromatic carbocycles. The molecule has 0 fully saturated rings. The molecule has 1 amide bonds. The molecule has 3 heteroatoms. The first-order valence-electron chi connectivity index (χ1n) is 7.51. The second-order valence-corrected chi connectivity index (χ2v) is 6.29. The Morgan fingerprint density at radius 2 is 1.82 bits per heavy atom. The Kier molecular flexibility index (Phi) is 5.62. The zero-order valence-electron chi connectivity index (χ0n) is 13.3. The van der Waals surface area contributed by atoms with Crippen LogP contribution in [0.3, 0.4) is 0 Å². The van der Waals surface area contributed by atoms with Gasteiger partial charge in [-0.2, -0.15) is 0 Å². The molecular formula is C19H22ClNO. The molecule has 0 saturated heterocycles. The molecule has 116 valence electrons. The summed E-state index contributed by atoms with van der Waals surface area (Å²) in [6.45, 7) is 4.11. The number of carbonyl (C=O) groups is 1. The lowest BCUT2D eigenvalue weighted by atomic mass is 10.0. The lowest BCUT2D eigenvalue weighted by Gasteiger charge is -2.25. The number of hydrogen-bond donors (Lipinski definition) is 0. The Morgan fingerprint density at radius 3 is 2.45 bits per heavy atom. The fraction of sp³-hybridized carbons (Fsp3) is 0.316. The number of benzene rings is 2. The third kappa shape index (κ3) is 4.60. The van der Waals surface area contributed by atoms with Gasteiger partial charge in [-0.3, -0.25) is 4.79 Å². The summed E-state index contributed by atoms with van der Waals surface area (Å²) in [5, 5.41) is 0.736. The summed E-state index contributed by atoms with van der Waals surface area (Å²) in [7, 11) is 1.87. The van der Waals surface area contributed by atoms with Crippen LogP contribution in [0.15, 0.2) is 48.5 Å². The van der Waals surface area contributed by atoms with Crippen molar-refractivity contribution in [3.8, 4) is 0 Å². The van der Waals surface area contributed by atoms with Crippen molar-refractivity contribution in [3.05, 3.63) is 70.2 Å². The van der Waals surface area contributed by atoms with Crippen molar-refractivity contribution in [2.24, 2.45) is 0 Å². The molecule has 1 atom stereocenters. The number of halogens is 1. The van der Waals surface area contributed by atoms with Gasteiger partial charge in [0.1, 0.15) is 0 Å². The molecule has 2 aromatic rings. The average Bonchev–Trinajstić information content (AvgIpc) is 2.48. The quantitative estimate of drug-likeness (QED) is 0.806. The minimum absolute atomic E-state index is 0.145. The van der Waals surface area contributed by atoms with Gasteiger partial charge in [-0.05, 0) is 43.5 Å². The van der Waals surface area contributed by atoms with Crippen molar-refractivity contribution in [2.45, 2.75) is 32.7 Å². The minimum atomic E-state index is 0.145. The molecule has 0 heterocycles. The van der Waals surface area contributed by atoms with Crippen molar-refractivity contribution < 1.29 is 4.79 Å². The number of carbonyl (C=O) groups excluding carboxylic acids is 1. The topological polar surface area (TPSA) is 20.3 Å². The van der Waals surface area contributed by atoms with E-state index >= 15 is 0 Å². The minimum Gasteiger partial charge on any atom is -0.342 e. The fourth-order valence-electron chi connectivity index (χ4n) is 2.47. The van der Waals surface area contributed by atoms with Gasteiger partial charge in [-0.25, -0.2) is 0 Å². The van der Waals surface area contributed by atoms with Gasteiger partial charge >= 0.3 is 0 Å². The first kappa shape index (κ1) is 16.6. The fourth-order valence-corrected chi connectivity index (χ4v) is 2.59. The molecule has 0 saturated carbocycles. The van der Waals surface area contributed by atoms with E-state index in [0.29, 0.717) is 6.42 Å². The predicted octanol–water partition coefficient (Wildman–Crippen LogP) is 4.28. The van der Waals surface area contributed by atoms with E-state index in [1.807, 2.05) is 61.3 Å². The molecule has 1 unspecified atom stereocenters. The Hall–Kier alpha value is -1.80. The molecule has 0 bridgehead atoms. The molecule has 0 aliphatic heterocycles. The van der Waals surface area contributed by atoms with Crippen molar-refractivity contribution in [2.75, 3.05) is 7.05 Å². The SMILES string of the molecule is Cc1cccc(CC(=O)N(C)C(C)Cc2ccc(Cl)cc2)c1. The van der Waals surface area contributed by atoms with Crippen molar-refractivity contribution in [1.82, 2.24) is 4.90 Å². The van der Waals surface area contributed by atoms with Gasteiger partial charge in [-0.1, -0.05) is 53.6 Å². The van der Waals surface area contributed by atoms with Crippen LogP contribution in [-0.4, -0.2) is 23.9 Å². The maximum absolute atomic E-state index is 12.4. The van der Waals surface area contributed by atoms with Crippen molar-refractivity contribution >= 4 is 17.5 Å². The maximum Gasteiger partial charge on any atom is 0.226 e. The summed E-state index contributed by atoms with van der Waals surface area (Å²) in [4.78, 5) is 14.2. The van der Waals surface area contributed by atoms with Crippen LogP contribution in [-0.2, 0) is 17.6 Å². The van der Waals surface area contributed by atoms with Crippen LogP contribution in [0.25, 0.3) is 0 Å². The van der Waals surface area contributed by atoms with Gasteiger partial charge < -0.3 is 4.90 Å². The highest BCUT2D eigenvalue weighted by Crippen LogP contribution is 2.14. The summed E-state index contributed by atoms with van der Waals surface area (Å²) < 4.78 is 0. The number of nitrogens with zero attached hydrogens (tertiary/aromatic N) is 1. The van der Waals surface area contributed by atoms with Gasteiger partial charge in [0.2, 0.25) is 5.91 Å². The lowest BCUT2D eigenvalue weighted by molar-refractivity contribution is -0.130. The summed E-state index contributed by atoms with van der Waals surface area (Å²) >= 11 is 5.90. The number of amides is 1. The molecule has 0 spiro atoms. The molecule has 0 aliphatic carbocycles. The number of aryl methyl sites for hydroxylation is 1. The van der Waals surface area contributed by atoms with Crippen LogP contribution in [0.5, 0.6) is 0 Å². The maximum atomic E-state index is 12.4. The van der Waals surface area contributed by atoms with Crippen LogP contribution in [0.4, 0.5) is 0 Å². The summed E-state index contributed by atoms with van der Waals surface area (Å²) in [5.41, 5.74) is 3.44. The Balaban J connectivity index is 1.95. The highest BCUT2D eigenvalue weighted by Gasteiger charge is 2.16. The van der Waals surface area contributed by atoms with E-state index in [9.17, 15) is 4.79 Å². The van der Waals surface area contributed by atoms with Crippen LogP contribution >= 0.6 is 11.6 Å². The van der Waals surface area contributed by atoms with Gasteiger partial charge in [0, 0.05) is 18.1 Å². The van der Waals surface area contributed by atoms with E-state index in [1.54, 1.807) is 0 Å². The molecule has 2 rings (SSSR count). The molecule has 0 aliphatic rings. The lowest BCUT2D eigenvalue weighted by Crippen LogP contribution is -2.37. The third-order valence-electron chi connectivity index (χ3n) is 3.94. The largest absolute Gasteiger partial charge is 0.342 e. The Labute approximate surface area is 137 Å². The number of likely N-dealkylation sites (N-methyl/N-ethyl adjacent to an activating group) is 1.